The maximum absolute atomic E-state index is 12.1. The molecule has 0 saturated carbocycles. The highest BCUT2D eigenvalue weighted by atomic mass is 16.2. The van der Waals surface area contributed by atoms with Gasteiger partial charge in [-0.15, -0.1) is 0 Å². The second-order valence-electron chi connectivity index (χ2n) is 5.62. The molecule has 1 fully saturated rings. The van der Waals surface area contributed by atoms with Gasteiger partial charge in [0, 0.05) is 30.7 Å². The van der Waals surface area contributed by atoms with Crippen LogP contribution in [0.25, 0.3) is 0 Å². The number of fused-ring (bicyclic) bond motifs is 1. The van der Waals surface area contributed by atoms with Crippen LogP contribution in [0.3, 0.4) is 0 Å². The van der Waals surface area contributed by atoms with E-state index in [9.17, 15) is 4.79 Å². The fourth-order valence-electron chi connectivity index (χ4n) is 2.91. The van der Waals surface area contributed by atoms with E-state index in [1.165, 1.54) is 11.1 Å². The summed E-state index contributed by atoms with van der Waals surface area (Å²) >= 11 is 0. The molecule has 1 amide bonds. The first-order chi connectivity index (χ1) is 8.65. The predicted molar refractivity (Wildman–Crippen MR) is 72.6 cm³/mol. The third-order valence-corrected chi connectivity index (χ3v) is 4.14. The molecule has 0 bridgehead atoms. The minimum Gasteiger partial charge on any atom is -0.312 e. The number of rotatable bonds is 1. The van der Waals surface area contributed by atoms with Crippen LogP contribution in [0.5, 0.6) is 0 Å². The molecule has 0 unspecified atom stereocenters. The Labute approximate surface area is 108 Å². The van der Waals surface area contributed by atoms with E-state index in [-0.39, 0.29) is 11.8 Å². The highest BCUT2D eigenvalue weighted by Crippen LogP contribution is 2.28. The molecule has 1 N–H and O–H groups in total. The molecule has 96 valence electrons. The Morgan fingerprint density at radius 1 is 1.28 bits per heavy atom. The molecule has 2 atom stereocenters. The Morgan fingerprint density at radius 2 is 2.11 bits per heavy atom. The van der Waals surface area contributed by atoms with Crippen LogP contribution in [-0.4, -0.2) is 18.5 Å². The van der Waals surface area contributed by atoms with Gasteiger partial charge < -0.3 is 10.2 Å². The van der Waals surface area contributed by atoms with Gasteiger partial charge in [-0.25, -0.2) is 0 Å². The third kappa shape index (κ3) is 1.93. The van der Waals surface area contributed by atoms with Crippen molar-refractivity contribution in [1.29, 1.82) is 0 Å². The standard InChI is InChI=1S/C15H20N2O/c1-10-5-6-17(15(10)18)14-4-3-12-9-16-11(2)7-13(12)8-14/h3-4,8,10-11,16H,5-7,9H2,1-2H3/t10-,11+/m0/s1. The van der Waals surface area contributed by atoms with E-state index in [1.807, 2.05) is 11.8 Å². The molecule has 1 aromatic rings. The second kappa shape index (κ2) is 4.39. The van der Waals surface area contributed by atoms with Gasteiger partial charge in [0.2, 0.25) is 5.91 Å². The van der Waals surface area contributed by atoms with Crippen molar-refractivity contribution in [1.82, 2.24) is 5.32 Å². The maximum atomic E-state index is 12.1. The monoisotopic (exact) mass is 244 g/mol. The van der Waals surface area contributed by atoms with Crippen molar-refractivity contribution in [2.45, 2.75) is 39.3 Å². The predicted octanol–water partition coefficient (Wildman–Crippen LogP) is 2.09. The van der Waals surface area contributed by atoms with Crippen LogP contribution >= 0.6 is 0 Å². The summed E-state index contributed by atoms with van der Waals surface area (Å²) < 4.78 is 0. The van der Waals surface area contributed by atoms with Crippen molar-refractivity contribution in [2.75, 3.05) is 11.4 Å². The molecule has 0 aromatic heterocycles. The first-order valence-electron chi connectivity index (χ1n) is 6.81. The Bertz CT molecular complexity index is 483. The smallest absolute Gasteiger partial charge is 0.229 e. The van der Waals surface area contributed by atoms with Gasteiger partial charge in [-0.05, 0) is 43.0 Å². The van der Waals surface area contributed by atoms with E-state index in [1.54, 1.807) is 0 Å². The third-order valence-electron chi connectivity index (χ3n) is 4.14. The SMILES string of the molecule is C[C@@H]1Cc2cc(N3CC[C@H](C)C3=O)ccc2CN1. The minimum atomic E-state index is 0.182. The molecule has 2 heterocycles. The first kappa shape index (κ1) is 11.7. The molecule has 3 rings (SSSR count). The van der Waals surface area contributed by atoms with Crippen molar-refractivity contribution in [3.63, 3.8) is 0 Å². The summed E-state index contributed by atoms with van der Waals surface area (Å²) in [5.74, 6) is 0.457. The highest BCUT2D eigenvalue weighted by molar-refractivity contribution is 5.97. The van der Waals surface area contributed by atoms with Gasteiger partial charge in [-0.1, -0.05) is 13.0 Å². The number of hydrogen-bond donors (Lipinski definition) is 1. The molecule has 0 radical (unpaired) electrons. The number of carbonyl (C=O) groups is 1. The molecule has 2 aliphatic rings. The molecule has 0 aliphatic carbocycles. The quantitative estimate of drug-likeness (QED) is 0.820. The van der Waals surface area contributed by atoms with Crippen molar-refractivity contribution in [3.8, 4) is 0 Å². The molecule has 0 spiro atoms. The summed E-state index contributed by atoms with van der Waals surface area (Å²) in [7, 11) is 0. The van der Waals surface area contributed by atoms with Crippen LogP contribution in [-0.2, 0) is 17.8 Å². The van der Waals surface area contributed by atoms with Crippen LogP contribution in [0.4, 0.5) is 5.69 Å². The Hall–Kier alpha value is -1.35. The van der Waals surface area contributed by atoms with Gasteiger partial charge in [0.05, 0.1) is 0 Å². The Morgan fingerprint density at radius 3 is 2.83 bits per heavy atom. The van der Waals surface area contributed by atoms with Crippen molar-refractivity contribution in [2.24, 2.45) is 5.92 Å². The normalized spacial score (nSPS) is 27.4. The summed E-state index contributed by atoms with van der Waals surface area (Å²) in [6, 6.07) is 7.00. The number of nitrogens with zero attached hydrogens (tertiary/aromatic N) is 1. The van der Waals surface area contributed by atoms with Crippen molar-refractivity contribution >= 4 is 11.6 Å². The molecule has 3 heteroatoms. The first-order valence-corrected chi connectivity index (χ1v) is 6.81. The largest absolute Gasteiger partial charge is 0.312 e. The Kier molecular flexibility index (Phi) is 2.86. The van der Waals surface area contributed by atoms with Crippen molar-refractivity contribution in [3.05, 3.63) is 29.3 Å². The van der Waals surface area contributed by atoms with E-state index in [4.69, 9.17) is 0 Å². The lowest BCUT2D eigenvalue weighted by atomic mass is 9.96. The average molecular weight is 244 g/mol. The number of amides is 1. The van der Waals surface area contributed by atoms with Gasteiger partial charge in [-0.2, -0.15) is 0 Å². The summed E-state index contributed by atoms with van der Waals surface area (Å²) in [6.45, 7) is 6.04. The summed E-state index contributed by atoms with van der Waals surface area (Å²) in [4.78, 5) is 14.0. The molecule has 3 nitrogen and oxygen atoms in total. The van der Waals surface area contributed by atoms with Crippen LogP contribution in [0.2, 0.25) is 0 Å². The minimum absolute atomic E-state index is 0.182. The van der Waals surface area contributed by atoms with Crippen LogP contribution in [0, 0.1) is 5.92 Å². The van der Waals surface area contributed by atoms with Crippen LogP contribution in [0.1, 0.15) is 31.4 Å². The lowest BCUT2D eigenvalue weighted by Crippen LogP contribution is -2.33. The van der Waals surface area contributed by atoms with E-state index in [0.717, 1.165) is 31.6 Å². The van der Waals surface area contributed by atoms with E-state index in [2.05, 4.69) is 30.4 Å². The number of nitrogens with one attached hydrogen (secondary N) is 1. The molecular weight excluding hydrogens is 224 g/mol. The summed E-state index contributed by atoms with van der Waals surface area (Å²) in [5.41, 5.74) is 3.85. The number of anilines is 1. The van der Waals surface area contributed by atoms with Crippen LogP contribution in [0.15, 0.2) is 18.2 Å². The zero-order valence-corrected chi connectivity index (χ0v) is 11.1. The molecule has 2 aliphatic heterocycles. The zero-order chi connectivity index (χ0) is 12.7. The summed E-state index contributed by atoms with van der Waals surface area (Å²) in [5, 5.41) is 3.46. The fourth-order valence-corrected chi connectivity index (χ4v) is 2.91. The lowest BCUT2D eigenvalue weighted by Gasteiger charge is -2.25. The molecule has 18 heavy (non-hydrogen) atoms. The molecular formula is C15H20N2O. The average Bonchev–Trinajstić information content (AvgIpc) is 2.69. The lowest BCUT2D eigenvalue weighted by molar-refractivity contribution is -0.119. The van der Waals surface area contributed by atoms with Gasteiger partial charge in [0.15, 0.2) is 0 Å². The second-order valence-corrected chi connectivity index (χ2v) is 5.62. The number of carbonyl (C=O) groups excluding carboxylic acids is 1. The fraction of sp³-hybridized carbons (Fsp3) is 0.533. The van der Waals surface area contributed by atoms with E-state index >= 15 is 0 Å². The Balaban J connectivity index is 1.90. The zero-order valence-electron chi connectivity index (χ0n) is 11.1. The molecule has 1 saturated heterocycles. The number of benzene rings is 1. The highest BCUT2D eigenvalue weighted by Gasteiger charge is 2.29. The maximum Gasteiger partial charge on any atom is 0.229 e. The van der Waals surface area contributed by atoms with Crippen LogP contribution < -0.4 is 10.2 Å². The van der Waals surface area contributed by atoms with Gasteiger partial charge in [-0.3, -0.25) is 4.79 Å². The van der Waals surface area contributed by atoms with Gasteiger partial charge in [0.25, 0.3) is 0 Å². The van der Waals surface area contributed by atoms with Gasteiger partial charge in [0.1, 0.15) is 0 Å². The van der Waals surface area contributed by atoms with Gasteiger partial charge >= 0.3 is 0 Å². The topological polar surface area (TPSA) is 32.3 Å². The molecule has 1 aromatic carbocycles. The van der Waals surface area contributed by atoms with E-state index < -0.39 is 0 Å². The number of hydrogen-bond acceptors (Lipinski definition) is 2. The van der Waals surface area contributed by atoms with E-state index in [0.29, 0.717) is 6.04 Å². The summed E-state index contributed by atoms with van der Waals surface area (Å²) in [6.07, 6.45) is 2.04. The van der Waals surface area contributed by atoms with Crippen molar-refractivity contribution < 1.29 is 4.79 Å².